The average molecular weight is 454 g/mol. The third-order valence-corrected chi connectivity index (χ3v) is 5.26. The van der Waals surface area contributed by atoms with E-state index in [-0.39, 0.29) is 42.8 Å². The van der Waals surface area contributed by atoms with Crippen LogP contribution in [0, 0.1) is 13.8 Å². The Morgan fingerprint density at radius 3 is 2.60 bits per heavy atom. The second-order valence-corrected chi connectivity index (χ2v) is 7.91. The molecule has 3 aromatic heterocycles. The molecular formula is C21H29Cl2N5O2. The minimum atomic E-state index is 0. The molecule has 1 amide bonds. The molecule has 1 saturated heterocycles. The number of nitrogens with one attached hydrogen (secondary N) is 1. The number of nitrogens with zero attached hydrogens (tertiary/aromatic N) is 4. The molecule has 3 aromatic rings. The lowest BCUT2D eigenvalue weighted by atomic mass is 10.1. The van der Waals surface area contributed by atoms with Crippen LogP contribution in [0.5, 0.6) is 0 Å². The van der Waals surface area contributed by atoms with E-state index in [1.54, 1.807) is 6.20 Å². The zero-order valence-electron chi connectivity index (χ0n) is 17.9. The first-order chi connectivity index (χ1) is 13.3. The Hall–Kier alpha value is -2.09. The summed E-state index contributed by atoms with van der Waals surface area (Å²) in [5, 5.41) is 8.69. The molecule has 1 unspecified atom stereocenters. The van der Waals surface area contributed by atoms with Crippen LogP contribution in [0.15, 0.2) is 22.7 Å². The predicted octanol–water partition coefficient (Wildman–Crippen LogP) is 4.17. The lowest BCUT2D eigenvalue weighted by molar-refractivity contribution is 0.0711. The van der Waals surface area contributed by atoms with Crippen molar-refractivity contribution in [2.45, 2.75) is 46.7 Å². The van der Waals surface area contributed by atoms with Gasteiger partial charge in [0.25, 0.3) is 5.91 Å². The molecule has 4 rings (SSSR count). The van der Waals surface area contributed by atoms with Crippen molar-refractivity contribution in [3.05, 3.63) is 35.4 Å². The van der Waals surface area contributed by atoms with Crippen molar-refractivity contribution in [2.75, 3.05) is 19.6 Å². The van der Waals surface area contributed by atoms with Crippen molar-refractivity contribution in [2.24, 2.45) is 0 Å². The number of halogens is 2. The van der Waals surface area contributed by atoms with E-state index in [2.05, 4.69) is 31.2 Å². The van der Waals surface area contributed by atoms with E-state index in [0.717, 1.165) is 40.4 Å². The first kappa shape index (κ1) is 24.2. The molecule has 0 aromatic carbocycles. The summed E-state index contributed by atoms with van der Waals surface area (Å²) in [4.78, 5) is 20.2. The highest BCUT2D eigenvalue weighted by atomic mass is 35.5. The van der Waals surface area contributed by atoms with Crippen molar-refractivity contribution >= 4 is 41.8 Å². The third-order valence-electron chi connectivity index (χ3n) is 5.26. The number of furan rings is 1. The van der Waals surface area contributed by atoms with Gasteiger partial charge in [-0.2, -0.15) is 5.10 Å². The lowest BCUT2D eigenvalue weighted by Gasteiger charge is -2.32. The molecule has 0 spiro atoms. The number of carbonyl (C=O) groups excluding carboxylic acids is 1. The minimum absolute atomic E-state index is 0. The summed E-state index contributed by atoms with van der Waals surface area (Å²) in [5.41, 5.74) is 3.05. The summed E-state index contributed by atoms with van der Waals surface area (Å²) in [6, 6.07) is 4.29. The van der Waals surface area contributed by atoms with Crippen LogP contribution in [-0.2, 0) is 0 Å². The number of fused-ring (bicyclic) bond motifs is 1. The first-order valence-electron chi connectivity index (χ1n) is 9.83. The number of amides is 1. The average Bonchev–Trinajstić information content (AvgIpc) is 3.23. The van der Waals surface area contributed by atoms with Gasteiger partial charge in [0.2, 0.25) is 0 Å². The Kier molecular flexibility index (Phi) is 7.55. The van der Waals surface area contributed by atoms with Gasteiger partial charge in [0.1, 0.15) is 11.5 Å². The second kappa shape index (κ2) is 9.37. The molecule has 1 N–H and O–H groups in total. The quantitative estimate of drug-likeness (QED) is 0.643. The number of aryl methyl sites for hydroxylation is 2. The van der Waals surface area contributed by atoms with Crippen LogP contribution in [0.25, 0.3) is 22.3 Å². The van der Waals surface area contributed by atoms with Crippen LogP contribution in [0.3, 0.4) is 0 Å². The van der Waals surface area contributed by atoms with E-state index < -0.39 is 0 Å². The van der Waals surface area contributed by atoms with Gasteiger partial charge in [0, 0.05) is 37.3 Å². The minimum Gasteiger partial charge on any atom is -0.466 e. The molecular weight excluding hydrogens is 425 g/mol. The molecule has 0 radical (unpaired) electrons. The van der Waals surface area contributed by atoms with Gasteiger partial charge >= 0.3 is 0 Å². The maximum atomic E-state index is 13.4. The fourth-order valence-electron chi connectivity index (χ4n) is 3.88. The molecule has 7 nitrogen and oxygen atoms in total. The van der Waals surface area contributed by atoms with Gasteiger partial charge in [0.05, 0.1) is 22.8 Å². The number of hydrogen-bond donors (Lipinski definition) is 1. The van der Waals surface area contributed by atoms with Crippen molar-refractivity contribution < 1.29 is 9.21 Å². The highest BCUT2D eigenvalue weighted by Gasteiger charge is 2.26. The highest BCUT2D eigenvalue weighted by molar-refractivity contribution is 6.06. The van der Waals surface area contributed by atoms with E-state index >= 15 is 0 Å². The standard InChI is InChI=1S/C21H27N5O2.2ClH/c1-12(2)26-20-18(10-23-26)17(21(27)25-7-6-22-13(3)11-25)9-19(24-20)16-8-14(4)28-15(16)5;;/h8-10,12-13,22H,6-7,11H2,1-5H3;2*1H. The van der Waals surface area contributed by atoms with E-state index in [4.69, 9.17) is 9.40 Å². The van der Waals surface area contributed by atoms with Crippen LogP contribution >= 0.6 is 24.8 Å². The Morgan fingerprint density at radius 2 is 2.00 bits per heavy atom. The highest BCUT2D eigenvalue weighted by Crippen LogP contribution is 2.30. The number of aromatic nitrogens is 3. The summed E-state index contributed by atoms with van der Waals surface area (Å²) in [6.07, 6.45) is 1.76. The van der Waals surface area contributed by atoms with Crippen molar-refractivity contribution in [3.8, 4) is 11.3 Å². The number of hydrogen-bond acceptors (Lipinski definition) is 5. The zero-order chi connectivity index (χ0) is 20.0. The topological polar surface area (TPSA) is 76.2 Å². The maximum Gasteiger partial charge on any atom is 0.254 e. The largest absolute Gasteiger partial charge is 0.466 e. The summed E-state index contributed by atoms with van der Waals surface area (Å²) in [6.45, 7) is 12.3. The van der Waals surface area contributed by atoms with Gasteiger partial charge in [-0.05, 0) is 46.8 Å². The fraction of sp³-hybridized carbons (Fsp3) is 0.476. The predicted molar refractivity (Wildman–Crippen MR) is 123 cm³/mol. The van der Waals surface area contributed by atoms with Gasteiger partial charge in [0.15, 0.2) is 5.65 Å². The van der Waals surface area contributed by atoms with Crippen LogP contribution < -0.4 is 5.32 Å². The molecule has 4 heterocycles. The molecule has 164 valence electrons. The number of carbonyl (C=O) groups is 1. The summed E-state index contributed by atoms with van der Waals surface area (Å²) < 4.78 is 7.58. The van der Waals surface area contributed by atoms with Crippen LogP contribution in [0.2, 0.25) is 0 Å². The van der Waals surface area contributed by atoms with Crippen LogP contribution in [0.4, 0.5) is 0 Å². The van der Waals surface area contributed by atoms with E-state index in [0.29, 0.717) is 18.7 Å². The zero-order valence-corrected chi connectivity index (χ0v) is 19.6. The van der Waals surface area contributed by atoms with E-state index in [1.165, 1.54) is 0 Å². The molecule has 9 heteroatoms. The van der Waals surface area contributed by atoms with Crippen molar-refractivity contribution in [1.29, 1.82) is 0 Å². The number of pyridine rings is 1. The third kappa shape index (κ3) is 4.33. The first-order valence-corrected chi connectivity index (χ1v) is 9.83. The normalized spacial score (nSPS) is 16.5. The molecule has 1 atom stereocenters. The van der Waals surface area contributed by atoms with Crippen molar-refractivity contribution in [1.82, 2.24) is 25.0 Å². The molecule has 0 saturated carbocycles. The van der Waals surface area contributed by atoms with Crippen molar-refractivity contribution in [3.63, 3.8) is 0 Å². The van der Waals surface area contributed by atoms with Crippen LogP contribution in [-0.4, -0.2) is 51.2 Å². The fourth-order valence-corrected chi connectivity index (χ4v) is 3.88. The lowest BCUT2D eigenvalue weighted by Crippen LogP contribution is -2.51. The van der Waals surface area contributed by atoms with Gasteiger partial charge in [-0.15, -0.1) is 24.8 Å². The molecule has 0 bridgehead atoms. The van der Waals surface area contributed by atoms with Gasteiger partial charge in [-0.3, -0.25) is 4.79 Å². The Labute approximate surface area is 189 Å². The summed E-state index contributed by atoms with van der Waals surface area (Å²) >= 11 is 0. The molecule has 1 aliphatic heterocycles. The van der Waals surface area contributed by atoms with Crippen LogP contribution in [0.1, 0.15) is 48.7 Å². The number of rotatable bonds is 3. The number of piperazine rings is 1. The van der Waals surface area contributed by atoms with Gasteiger partial charge < -0.3 is 14.6 Å². The molecule has 30 heavy (non-hydrogen) atoms. The Morgan fingerprint density at radius 1 is 1.27 bits per heavy atom. The van der Waals surface area contributed by atoms with Gasteiger partial charge in [-0.25, -0.2) is 9.67 Å². The summed E-state index contributed by atoms with van der Waals surface area (Å²) in [5.74, 6) is 1.66. The summed E-state index contributed by atoms with van der Waals surface area (Å²) in [7, 11) is 0. The Bertz CT molecular complexity index is 1040. The Balaban J connectivity index is 0.00000160. The van der Waals surface area contributed by atoms with E-state index in [9.17, 15) is 4.79 Å². The maximum absolute atomic E-state index is 13.4. The van der Waals surface area contributed by atoms with E-state index in [1.807, 2.05) is 35.6 Å². The molecule has 1 fully saturated rings. The monoisotopic (exact) mass is 453 g/mol. The molecule has 0 aliphatic carbocycles. The smallest absolute Gasteiger partial charge is 0.254 e. The SMILES string of the molecule is Cc1cc(-c2cc(C(=O)N3CCNC(C)C3)c3cnn(C(C)C)c3n2)c(C)o1.Cl.Cl. The molecule has 1 aliphatic rings. The van der Waals surface area contributed by atoms with Gasteiger partial charge in [-0.1, -0.05) is 0 Å². The second-order valence-electron chi connectivity index (χ2n) is 7.91.